The molecule has 0 atom stereocenters. The molecule has 0 saturated heterocycles. The topological polar surface area (TPSA) is 75.7 Å². The van der Waals surface area contributed by atoms with Gasteiger partial charge in [-0.3, -0.25) is 4.79 Å². The van der Waals surface area contributed by atoms with Crippen molar-refractivity contribution in [2.75, 3.05) is 19.9 Å². The Bertz CT molecular complexity index is 636. The van der Waals surface area contributed by atoms with Crippen LogP contribution in [-0.2, 0) is 21.4 Å². The van der Waals surface area contributed by atoms with Gasteiger partial charge in [0.1, 0.15) is 5.75 Å². The molecule has 1 rings (SSSR count). The molecule has 0 aromatic heterocycles. The zero-order chi connectivity index (χ0) is 17.7. The molecule has 0 aliphatic carbocycles. The molecule has 0 radical (unpaired) electrons. The Morgan fingerprint density at radius 1 is 1.26 bits per heavy atom. The normalized spacial score (nSPS) is 12.3. The zero-order valence-corrected chi connectivity index (χ0v) is 15.2. The average molecular weight is 342 g/mol. The molecule has 0 heterocycles. The van der Waals surface area contributed by atoms with Gasteiger partial charge in [-0.2, -0.15) is 4.31 Å². The van der Waals surface area contributed by atoms with Crippen molar-refractivity contribution >= 4 is 15.9 Å². The minimum absolute atomic E-state index is 0.111. The lowest BCUT2D eigenvalue weighted by Gasteiger charge is -2.33. The van der Waals surface area contributed by atoms with Gasteiger partial charge in [-0.05, 0) is 26.8 Å². The molecule has 7 heteroatoms. The second kappa shape index (κ2) is 7.79. The Morgan fingerprint density at radius 2 is 1.87 bits per heavy atom. The average Bonchev–Trinajstić information content (AvgIpc) is 2.42. The number of amides is 1. The minimum Gasteiger partial charge on any atom is -0.496 e. The van der Waals surface area contributed by atoms with E-state index >= 15 is 0 Å². The van der Waals surface area contributed by atoms with E-state index in [1.807, 2.05) is 24.3 Å². The molecular weight excluding hydrogens is 316 g/mol. The number of methoxy groups -OCH3 is 1. The van der Waals surface area contributed by atoms with Crippen LogP contribution in [0.2, 0.25) is 0 Å². The Morgan fingerprint density at radius 3 is 2.39 bits per heavy atom. The van der Waals surface area contributed by atoms with E-state index in [0.717, 1.165) is 11.8 Å². The maximum Gasteiger partial charge on any atom is 0.221 e. The van der Waals surface area contributed by atoms with Crippen LogP contribution < -0.4 is 10.1 Å². The van der Waals surface area contributed by atoms with Crippen LogP contribution in [-0.4, -0.2) is 44.1 Å². The SMILES string of the molecule is COc1ccccc1CNC(=O)CCN(C(C)(C)C)S(C)(=O)=O. The highest BCUT2D eigenvalue weighted by atomic mass is 32.2. The van der Waals surface area contributed by atoms with Gasteiger partial charge in [0.15, 0.2) is 0 Å². The van der Waals surface area contributed by atoms with Crippen molar-refractivity contribution in [1.82, 2.24) is 9.62 Å². The van der Waals surface area contributed by atoms with E-state index in [2.05, 4.69) is 5.32 Å². The number of nitrogens with one attached hydrogen (secondary N) is 1. The van der Waals surface area contributed by atoms with Crippen LogP contribution >= 0.6 is 0 Å². The summed E-state index contributed by atoms with van der Waals surface area (Å²) in [6.45, 7) is 5.92. The largest absolute Gasteiger partial charge is 0.496 e. The molecule has 0 bridgehead atoms. The van der Waals surface area contributed by atoms with Crippen LogP contribution in [0.15, 0.2) is 24.3 Å². The fourth-order valence-corrected chi connectivity index (χ4v) is 3.75. The second-order valence-electron chi connectivity index (χ2n) is 6.34. The van der Waals surface area contributed by atoms with Crippen molar-refractivity contribution in [3.05, 3.63) is 29.8 Å². The van der Waals surface area contributed by atoms with E-state index in [1.165, 1.54) is 4.31 Å². The van der Waals surface area contributed by atoms with Gasteiger partial charge in [-0.25, -0.2) is 8.42 Å². The van der Waals surface area contributed by atoms with Gasteiger partial charge in [0.25, 0.3) is 0 Å². The highest BCUT2D eigenvalue weighted by molar-refractivity contribution is 7.88. The highest BCUT2D eigenvalue weighted by Gasteiger charge is 2.29. The standard InChI is InChI=1S/C16H26N2O4S/c1-16(2,3)18(23(5,20)21)11-10-15(19)17-12-13-8-6-7-9-14(13)22-4/h6-9H,10-12H2,1-5H3,(H,17,19). The summed E-state index contributed by atoms with van der Waals surface area (Å²) in [6, 6.07) is 7.43. The number of ether oxygens (including phenoxy) is 1. The molecule has 6 nitrogen and oxygen atoms in total. The van der Waals surface area contributed by atoms with E-state index in [1.54, 1.807) is 27.9 Å². The van der Waals surface area contributed by atoms with E-state index in [0.29, 0.717) is 12.3 Å². The summed E-state index contributed by atoms with van der Waals surface area (Å²) < 4.78 is 30.2. The quantitative estimate of drug-likeness (QED) is 0.819. The van der Waals surface area contributed by atoms with E-state index < -0.39 is 15.6 Å². The predicted octanol–water partition coefficient (Wildman–Crippen LogP) is 1.76. The molecule has 1 amide bonds. The van der Waals surface area contributed by atoms with Crippen molar-refractivity contribution < 1.29 is 17.9 Å². The van der Waals surface area contributed by atoms with Gasteiger partial charge in [0.05, 0.1) is 13.4 Å². The summed E-state index contributed by atoms with van der Waals surface area (Å²) >= 11 is 0. The number of carbonyl (C=O) groups excluding carboxylic acids is 1. The Labute approximate surface area is 138 Å². The lowest BCUT2D eigenvalue weighted by atomic mass is 10.1. The summed E-state index contributed by atoms with van der Waals surface area (Å²) in [4.78, 5) is 12.0. The summed E-state index contributed by atoms with van der Waals surface area (Å²) in [5.41, 5.74) is 0.315. The summed E-state index contributed by atoms with van der Waals surface area (Å²) in [7, 11) is -1.79. The molecular formula is C16H26N2O4S. The molecule has 1 aromatic rings. The first-order valence-corrected chi connectivity index (χ1v) is 9.27. The maximum absolute atomic E-state index is 12.0. The van der Waals surface area contributed by atoms with Crippen LogP contribution in [0.3, 0.4) is 0 Å². The van der Waals surface area contributed by atoms with Crippen molar-refractivity contribution in [2.45, 2.75) is 39.3 Å². The molecule has 0 unspecified atom stereocenters. The molecule has 0 aliphatic heterocycles. The number of nitrogens with zero attached hydrogens (tertiary/aromatic N) is 1. The Kier molecular flexibility index (Phi) is 6.58. The van der Waals surface area contributed by atoms with Gasteiger partial charge in [0, 0.05) is 30.6 Å². The van der Waals surface area contributed by atoms with Crippen LogP contribution in [0.5, 0.6) is 5.75 Å². The fourth-order valence-electron chi connectivity index (χ4n) is 2.33. The molecule has 0 fully saturated rings. The molecule has 0 spiro atoms. The van der Waals surface area contributed by atoms with Gasteiger partial charge in [-0.15, -0.1) is 0 Å². The minimum atomic E-state index is -3.36. The third-order valence-corrected chi connectivity index (χ3v) is 4.89. The van der Waals surface area contributed by atoms with Gasteiger partial charge >= 0.3 is 0 Å². The van der Waals surface area contributed by atoms with Crippen LogP contribution in [0.25, 0.3) is 0 Å². The molecule has 0 aliphatic rings. The van der Waals surface area contributed by atoms with Crippen molar-refractivity contribution in [2.24, 2.45) is 0 Å². The number of carbonyl (C=O) groups is 1. The Hall–Kier alpha value is -1.60. The molecule has 23 heavy (non-hydrogen) atoms. The molecule has 130 valence electrons. The number of benzene rings is 1. The first-order chi connectivity index (χ1) is 10.6. The summed E-state index contributed by atoms with van der Waals surface area (Å²) in [5, 5.41) is 2.79. The van der Waals surface area contributed by atoms with Crippen LogP contribution in [0.4, 0.5) is 0 Å². The van der Waals surface area contributed by atoms with E-state index in [9.17, 15) is 13.2 Å². The number of para-hydroxylation sites is 1. The molecule has 1 N–H and O–H groups in total. The predicted molar refractivity (Wildman–Crippen MR) is 90.8 cm³/mol. The number of hydrogen-bond acceptors (Lipinski definition) is 4. The number of sulfonamides is 1. The molecule has 1 aromatic carbocycles. The zero-order valence-electron chi connectivity index (χ0n) is 14.4. The first-order valence-electron chi connectivity index (χ1n) is 7.42. The fraction of sp³-hybridized carbons (Fsp3) is 0.562. The third-order valence-electron chi connectivity index (χ3n) is 3.36. The van der Waals surface area contributed by atoms with Crippen molar-refractivity contribution in [3.8, 4) is 5.75 Å². The first kappa shape index (κ1) is 19.4. The van der Waals surface area contributed by atoms with Crippen molar-refractivity contribution in [1.29, 1.82) is 0 Å². The number of rotatable bonds is 7. The van der Waals surface area contributed by atoms with Crippen molar-refractivity contribution in [3.63, 3.8) is 0 Å². The van der Waals surface area contributed by atoms with Crippen LogP contribution in [0.1, 0.15) is 32.8 Å². The maximum atomic E-state index is 12.0. The highest BCUT2D eigenvalue weighted by Crippen LogP contribution is 2.18. The van der Waals surface area contributed by atoms with E-state index in [4.69, 9.17) is 4.74 Å². The lowest BCUT2D eigenvalue weighted by molar-refractivity contribution is -0.121. The third kappa shape index (κ3) is 6.19. The summed E-state index contributed by atoms with van der Waals surface area (Å²) in [5.74, 6) is 0.508. The second-order valence-corrected chi connectivity index (χ2v) is 8.25. The van der Waals surface area contributed by atoms with Gasteiger partial charge in [0.2, 0.25) is 15.9 Å². The summed E-state index contributed by atoms with van der Waals surface area (Å²) in [6.07, 6.45) is 1.27. The van der Waals surface area contributed by atoms with E-state index in [-0.39, 0.29) is 18.9 Å². The smallest absolute Gasteiger partial charge is 0.221 e. The van der Waals surface area contributed by atoms with Gasteiger partial charge < -0.3 is 10.1 Å². The van der Waals surface area contributed by atoms with Gasteiger partial charge in [-0.1, -0.05) is 18.2 Å². The number of hydrogen-bond donors (Lipinski definition) is 1. The monoisotopic (exact) mass is 342 g/mol. The lowest BCUT2D eigenvalue weighted by Crippen LogP contribution is -2.46. The Balaban J connectivity index is 2.60. The van der Waals surface area contributed by atoms with Crippen LogP contribution in [0, 0.1) is 0 Å². The molecule has 0 saturated carbocycles.